The Morgan fingerprint density at radius 1 is 1.37 bits per heavy atom. The number of carbonyl (C=O) groups is 1. The number of halogens is 1. The van der Waals surface area contributed by atoms with E-state index in [2.05, 4.69) is 5.32 Å². The third kappa shape index (κ3) is 3.04. The number of carbonyl (C=O) groups excluding carboxylic acids is 1. The van der Waals surface area contributed by atoms with E-state index >= 15 is 0 Å². The molecular formula is C14H18FNO3. The number of rotatable bonds is 3. The summed E-state index contributed by atoms with van der Waals surface area (Å²) in [5, 5.41) is 21.6. The normalized spacial score (nSPS) is 23.1. The quantitative estimate of drug-likeness (QED) is 0.782. The van der Waals surface area contributed by atoms with E-state index in [4.69, 9.17) is 0 Å². The molecule has 2 unspecified atom stereocenters. The van der Waals surface area contributed by atoms with Gasteiger partial charge >= 0.3 is 0 Å². The summed E-state index contributed by atoms with van der Waals surface area (Å²) in [6.45, 7) is 0.00814. The molecule has 4 nitrogen and oxygen atoms in total. The topological polar surface area (TPSA) is 69.6 Å². The van der Waals surface area contributed by atoms with Crippen LogP contribution in [0, 0.1) is 11.7 Å². The smallest absolute Gasteiger partial charge is 0.258 e. The molecule has 19 heavy (non-hydrogen) atoms. The van der Waals surface area contributed by atoms with Crippen molar-refractivity contribution < 1.29 is 19.4 Å². The summed E-state index contributed by atoms with van der Waals surface area (Å²) < 4.78 is 13.6. The Hall–Kier alpha value is -1.62. The Morgan fingerprint density at radius 3 is 2.79 bits per heavy atom. The number of aromatic hydroxyl groups is 1. The molecule has 0 bridgehead atoms. The first kappa shape index (κ1) is 13.8. The molecule has 104 valence electrons. The van der Waals surface area contributed by atoms with Crippen LogP contribution in [0.3, 0.4) is 0 Å². The zero-order valence-electron chi connectivity index (χ0n) is 10.6. The predicted molar refractivity (Wildman–Crippen MR) is 68.4 cm³/mol. The first-order valence-electron chi connectivity index (χ1n) is 6.52. The van der Waals surface area contributed by atoms with Crippen LogP contribution in [-0.4, -0.2) is 28.8 Å². The highest BCUT2D eigenvalue weighted by atomic mass is 19.1. The van der Waals surface area contributed by atoms with Crippen molar-refractivity contribution in [2.45, 2.75) is 31.7 Å². The SMILES string of the molecule is O=C(NC1CCCCC1CO)c1c(O)cccc1F. The Balaban J connectivity index is 2.12. The summed E-state index contributed by atoms with van der Waals surface area (Å²) in [5.41, 5.74) is -0.329. The highest BCUT2D eigenvalue weighted by Crippen LogP contribution is 2.25. The van der Waals surface area contributed by atoms with Gasteiger partial charge in [0.05, 0.1) is 0 Å². The van der Waals surface area contributed by atoms with E-state index in [0.29, 0.717) is 0 Å². The summed E-state index contributed by atoms with van der Waals surface area (Å²) in [5.74, 6) is -1.73. The molecule has 1 aromatic rings. The Labute approximate surface area is 111 Å². The van der Waals surface area contributed by atoms with E-state index in [-0.39, 0.29) is 29.9 Å². The van der Waals surface area contributed by atoms with Gasteiger partial charge in [0.15, 0.2) is 0 Å². The van der Waals surface area contributed by atoms with Crippen LogP contribution in [0.15, 0.2) is 18.2 Å². The highest BCUT2D eigenvalue weighted by molar-refractivity contribution is 5.97. The van der Waals surface area contributed by atoms with Gasteiger partial charge in [-0.3, -0.25) is 4.79 Å². The molecule has 1 aliphatic carbocycles. The molecular weight excluding hydrogens is 249 g/mol. The second-order valence-corrected chi connectivity index (χ2v) is 4.94. The lowest BCUT2D eigenvalue weighted by Crippen LogP contribution is -2.43. The number of benzene rings is 1. The lowest BCUT2D eigenvalue weighted by Gasteiger charge is -2.30. The van der Waals surface area contributed by atoms with Crippen molar-refractivity contribution in [3.63, 3.8) is 0 Å². The van der Waals surface area contributed by atoms with Crippen LogP contribution in [0.4, 0.5) is 4.39 Å². The van der Waals surface area contributed by atoms with Crippen molar-refractivity contribution >= 4 is 5.91 Å². The van der Waals surface area contributed by atoms with Crippen LogP contribution in [0.5, 0.6) is 5.75 Å². The maximum atomic E-state index is 13.6. The summed E-state index contributed by atoms with van der Waals surface area (Å²) in [4.78, 5) is 12.0. The third-order valence-corrected chi connectivity index (χ3v) is 3.68. The molecule has 0 heterocycles. The van der Waals surface area contributed by atoms with Crippen molar-refractivity contribution in [3.05, 3.63) is 29.6 Å². The Morgan fingerprint density at radius 2 is 2.11 bits per heavy atom. The summed E-state index contributed by atoms with van der Waals surface area (Å²) >= 11 is 0. The minimum absolute atomic E-state index is 0.00613. The molecule has 0 aromatic heterocycles. The van der Waals surface area contributed by atoms with Gasteiger partial charge in [-0.2, -0.15) is 0 Å². The predicted octanol–water partition coefficient (Wildman–Crippen LogP) is 1.81. The molecule has 3 N–H and O–H groups in total. The minimum atomic E-state index is -0.742. The Kier molecular flexibility index (Phi) is 4.37. The van der Waals surface area contributed by atoms with Gasteiger partial charge in [0, 0.05) is 18.6 Å². The number of phenolic OH excluding ortho intramolecular Hbond substituents is 1. The van der Waals surface area contributed by atoms with Crippen LogP contribution in [-0.2, 0) is 0 Å². The summed E-state index contributed by atoms with van der Waals surface area (Å²) in [6, 6.07) is 3.60. The van der Waals surface area contributed by atoms with Crippen molar-refractivity contribution in [1.29, 1.82) is 0 Å². The lowest BCUT2D eigenvalue weighted by molar-refractivity contribution is 0.0866. The van der Waals surface area contributed by atoms with E-state index in [9.17, 15) is 19.4 Å². The van der Waals surface area contributed by atoms with Crippen molar-refractivity contribution in [2.24, 2.45) is 5.92 Å². The van der Waals surface area contributed by atoms with Crippen LogP contribution < -0.4 is 5.32 Å². The van der Waals surface area contributed by atoms with Gasteiger partial charge in [-0.15, -0.1) is 0 Å². The van der Waals surface area contributed by atoms with Gasteiger partial charge in [-0.05, 0) is 25.0 Å². The molecule has 5 heteroatoms. The number of amides is 1. The fourth-order valence-electron chi connectivity index (χ4n) is 2.59. The number of hydrogen-bond donors (Lipinski definition) is 3. The van der Waals surface area contributed by atoms with E-state index in [1.54, 1.807) is 0 Å². The summed E-state index contributed by atoms with van der Waals surface area (Å²) in [6.07, 6.45) is 3.63. The molecule has 1 fully saturated rings. The van der Waals surface area contributed by atoms with E-state index < -0.39 is 11.7 Å². The average molecular weight is 267 g/mol. The molecule has 1 aromatic carbocycles. The Bertz CT molecular complexity index is 444. The van der Waals surface area contributed by atoms with Crippen molar-refractivity contribution in [2.75, 3.05) is 6.61 Å². The molecule has 2 atom stereocenters. The highest BCUT2D eigenvalue weighted by Gasteiger charge is 2.27. The maximum Gasteiger partial charge on any atom is 0.258 e. The molecule has 0 aliphatic heterocycles. The molecule has 1 aliphatic rings. The minimum Gasteiger partial charge on any atom is -0.507 e. The molecule has 1 saturated carbocycles. The number of hydrogen-bond acceptors (Lipinski definition) is 3. The monoisotopic (exact) mass is 267 g/mol. The number of aliphatic hydroxyl groups is 1. The first-order chi connectivity index (χ1) is 9.13. The van der Waals surface area contributed by atoms with Gasteiger partial charge < -0.3 is 15.5 Å². The number of nitrogens with one attached hydrogen (secondary N) is 1. The standard InChI is InChI=1S/C14H18FNO3/c15-10-5-3-7-12(18)13(10)14(19)16-11-6-2-1-4-9(11)8-17/h3,5,7,9,11,17-18H,1-2,4,6,8H2,(H,16,19). The van der Waals surface area contributed by atoms with Crippen LogP contribution in [0.25, 0.3) is 0 Å². The lowest BCUT2D eigenvalue weighted by atomic mass is 9.85. The van der Waals surface area contributed by atoms with Crippen LogP contribution >= 0.6 is 0 Å². The number of phenols is 1. The van der Waals surface area contributed by atoms with Crippen molar-refractivity contribution in [3.8, 4) is 5.75 Å². The molecule has 0 saturated heterocycles. The largest absolute Gasteiger partial charge is 0.507 e. The van der Waals surface area contributed by atoms with Gasteiger partial charge in [0.1, 0.15) is 17.1 Å². The number of aliphatic hydroxyl groups excluding tert-OH is 1. The van der Waals surface area contributed by atoms with E-state index in [0.717, 1.165) is 31.7 Å². The fourth-order valence-corrected chi connectivity index (χ4v) is 2.59. The van der Waals surface area contributed by atoms with E-state index in [1.165, 1.54) is 12.1 Å². The molecule has 2 rings (SSSR count). The van der Waals surface area contributed by atoms with Gasteiger partial charge in [-0.1, -0.05) is 18.9 Å². The second kappa shape index (κ2) is 6.02. The molecule has 1 amide bonds. The van der Waals surface area contributed by atoms with Crippen molar-refractivity contribution in [1.82, 2.24) is 5.32 Å². The summed E-state index contributed by atoms with van der Waals surface area (Å²) in [7, 11) is 0. The van der Waals surface area contributed by atoms with E-state index in [1.807, 2.05) is 0 Å². The zero-order chi connectivity index (χ0) is 13.8. The average Bonchev–Trinajstić information content (AvgIpc) is 2.39. The van der Waals surface area contributed by atoms with Crippen LogP contribution in [0.1, 0.15) is 36.0 Å². The second-order valence-electron chi connectivity index (χ2n) is 4.94. The fraction of sp³-hybridized carbons (Fsp3) is 0.500. The molecule has 0 radical (unpaired) electrons. The van der Waals surface area contributed by atoms with Gasteiger partial charge in [0.25, 0.3) is 5.91 Å². The van der Waals surface area contributed by atoms with Gasteiger partial charge in [-0.25, -0.2) is 4.39 Å². The van der Waals surface area contributed by atoms with Gasteiger partial charge in [0.2, 0.25) is 0 Å². The zero-order valence-corrected chi connectivity index (χ0v) is 10.6. The first-order valence-corrected chi connectivity index (χ1v) is 6.52. The van der Waals surface area contributed by atoms with Crippen LogP contribution in [0.2, 0.25) is 0 Å². The third-order valence-electron chi connectivity index (χ3n) is 3.68. The molecule has 0 spiro atoms. The maximum absolute atomic E-state index is 13.6.